The normalized spacial score (nSPS) is 17.2. The largest absolute Gasteiger partial charge is 0.288 e. The van der Waals surface area contributed by atoms with Crippen molar-refractivity contribution in [1.82, 2.24) is 0 Å². The second-order valence-electron chi connectivity index (χ2n) is 5.74. The van der Waals surface area contributed by atoms with Crippen LogP contribution in [0.1, 0.15) is 20.8 Å². The summed E-state index contributed by atoms with van der Waals surface area (Å²) in [5.74, 6) is -0.378. The number of benzene rings is 1. The Morgan fingerprint density at radius 2 is 1.92 bits per heavy atom. The lowest BCUT2D eigenvalue weighted by molar-refractivity contribution is -0.385. The molecule has 0 atom stereocenters. The van der Waals surface area contributed by atoms with Crippen LogP contribution in [0, 0.1) is 16.0 Å². The molecule has 0 saturated heterocycles. The van der Waals surface area contributed by atoms with Crippen molar-refractivity contribution < 1.29 is 18.1 Å². The predicted molar refractivity (Wildman–Crippen MR) is 97.3 cm³/mol. The number of rotatable bonds is 4. The van der Waals surface area contributed by atoms with Crippen LogP contribution >= 0.6 is 15.9 Å². The predicted octanol–water partition coefficient (Wildman–Crippen LogP) is 3.56. The molecule has 1 aromatic carbocycles. The molecule has 0 aromatic heterocycles. The van der Waals surface area contributed by atoms with Crippen molar-refractivity contribution in [2.45, 2.75) is 25.7 Å². The molecule has 0 spiro atoms. The number of sulfonamides is 1. The molecule has 0 fully saturated rings. The number of hydrogen-bond donors (Lipinski definition) is 0. The maximum absolute atomic E-state index is 12.6. The van der Waals surface area contributed by atoms with Gasteiger partial charge in [-0.1, -0.05) is 19.9 Å². The number of nitro benzene ring substituents is 1. The smallest absolute Gasteiger partial charge is 0.283 e. The first kappa shape index (κ1) is 19.2. The van der Waals surface area contributed by atoms with Crippen LogP contribution < -0.4 is 0 Å². The Kier molecular flexibility index (Phi) is 5.38. The molecule has 1 aliphatic rings. The molecule has 0 unspecified atom stereocenters. The summed E-state index contributed by atoms with van der Waals surface area (Å²) in [6.07, 6.45) is 1.41. The Hall–Kier alpha value is -2.13. The van der Waals surface area contributed by atoms with E-state index in [-0.39, 0.29) is 32.5 Å². The minimum Gasteiger partial charge on any atom is -0.288 e. The molecule has 0 N–H and O–H groups in total. The van der Waals surface area contributed by atoms with Crippen molar-refractivity contribution in [1.29, 1.82) is 0 Å². The van der Waals surface area contributed by atoms with E-state index in [0.717, 1.165) is 6.07 Å². The SMILES string of the molecule is CC1=CC(=NS(=O)(=O)c2cccc([N+](=O)[O-])c2)C(C(C)C)=C(Br)C1=O. The van der Waals surface area contributed by atoms with Crippen molar-refractivity contribution in [3.8, 4) is 0 Å². The molecule has 0 heterocycles. The topological polar surface area (TPSA) is 107 Å². The monoisotopic (exact) mass is 426 g/mol. The van der Waals surface area contributed by atoms with Gasteiger partial charge in [-0.25, -0.2) is 0 Å². The van der Waals surface area contributed by atoms with E-state index in [0.29, 0.717) is 11.1 Å². The second kappa shape index (κ2) is 7.01. The summed E-state index contributed by atoms with van der Waals surface area (Å²) in [4.78, 5) is 22.0. The van der Waals surface area contributed by atoms with Crippen LogP contribution in [0.3, 0.4) is 0 Å². The van der Waals surface area contributed by atoms with Gasteiger partial charge < -0.3 is 0 Å². The van der Waals surface area contributed by atoms with Crippen LogP contribution in [0.2, 0.25) is 0 Å². The summed E-state index contributed by atoms with van der Waals surface area (Å²) < 4.78 is 29.3. The molecule has 7 nitrogen and oxygen atoms in total. The van der Waals surface area contributed by atoms with Crippen molar-refractivity contribution in [2.75, 3.05) is 0 Å². The number of carbonyl (C=O) groups is 1. The highest BCUT2D eigenvalue weighted by molar-refractivity contribution is 9.12. The fourth-order valence-electron chi connectivity index (χ4n) is 2.32. The highest BCUT2D eigenvalue weighted by atomic mass is 79.9. The molecular weight excluding hydrogens is 412 g/mol. The fraction of sp³-hybridized carbons (Fsp3) is 0.250. The number of allylic oxidation sites excluding steroid dienone is 4. The van der Waals surface area contributed by atoms with Gasteiger partial charge in [0, 0.05) is 12.1 Å². The van der Waals surface area contributed by atoms with E-state index in [1.165, 1.54) is 24.3 Å². The molecule has 0 saturated carbocycles. The van der Waals surface area contributed by atoms with Gasteiger partial charge in [-0.3, -0.25) is 14.9 Å². The molecule has 0 radical (unpaired) electrons. The second-order valence-corrected chi connectivity index (χ2v) is 8.14. The molecular formula is C16H15BrN2O5S. The molecule has 0 amide bonds. The minimum atomic E-state index is -4.17. The van der Waals surface area contributed by atoms with E-state index < -0.39 is 14.9 Å². The van der Waals surface area contributed by atoms with Crippen LogP contribution in [-0.4, -0.2) is 24.8 Å². The first-order valence-electron chi connectivity index (χ1n) is 7.27. The van der Waals surface area contributed by atoms with Crippen LogP contribution in [0.4, 0.5) is 5.69 Å². The quantitative estimate of drug-likeness (QED) is 0.415. The van der Waals surface area contributed by atoms with Crippen LogP contribution in [0.25, 0.3) is 0 Å². The number of nitro groups is 1. The van der Waals surface area contributed by atoms with E-state index in [1.54, 1.807) is 6.92 Å². The highest BCUT2D eigenvalue weighted by Crippen LogP contribution is 2.30. The summed E-state index contributed by atoms with van der Waals surface area (Å²) in [5, 5.41) is 10.8. The van der Waals surface area contributed by atoms with Crippen molar-refractivity contribution in [3.05, 3.63) is 56.1 Å². The highest BCUT2D eigenvalue weighted by Gasteiger charge is 2.27. The number of ketones is 1. The van der Waals surface area contributed by atoms with E-state index in [2.05, 4.69) is 20.3 Å². The molecule has 25 heavy (non-hydrogen) atoms. The van der Waals surface area contributed by atoms with Gasteiger partial charge in [-0.2, -0.15) is 12.8 Å². The van der Waals surface area contributed by atoms with Gasteiger partial charge in [-0.15, -0.1) is 0 Å². The maximum Gasteiger partial charge on any atom is 0.283 e. The zero-order valence-electron chi connectivity index (χ0n) is 13.7. The lowest BCUT2D eigenvalue weighted by atomic mass is 9.90. The van der Waals surface area contributed by atoms with Crippen molar-refractivity contribution >= 4 is 43.1 Å². The molecule has 0 aliphatic heterocycles. The third-order valence-electron chi connectivity index (χ3n) is 3.55. The van der Waals surface area contributed by atoms with Crippen molar-refractivity contribution in [2.24, 2.45) is 10.3 Å². The van der Waals surface area contributed by atoms with Gasteiger partial charge in [0.15, 0.2) is 5.78 Å². The van der Waals surface area contributed by atoms with E-state index in [1.807, 2.05) is 13.8 Å². The lowest BCUT2D eigenvalue weighted by Gasteiger charge is -2.19. The molecule has 0 bridgehead atoms. The van der Waals surface area contributed by atoms with E-state index in [4.69, 9.17) is 0 Å². The molecule has 2 rings (SSSR count). The molecule has 1 aromatic rings. The fourth-order valence-corrected chi connectivity index (χ4v) is 4.33. The number of non-ortho nitro benzene ring substituents is 1. The number of halogens is 1. The first-order valence-corrected chi connectivity index (χ1v) is 9.50. The average molecular weight is 427 g/mol. The van der Waals surface area contributed by atoms with Gasteiger partial charge in [0.2, 0.25) is 0 Å². The number of hydrogen-bond acceptors (Lipinski definition) is 5. The number of Topliss-reactive ketones (excluding diaryl/α,β-unsaturated/α-hetero) is 1. The Bertz CT molecular complexity index is 958. The third kappa shape index (κ3) is 3.93. The van der Waals surface area contributed by atoms with Gasteiger partial charge >= 0.3 is 0 Å². The Morgan fingerprint density at radius 1 is 1.28 bits per heavy atom. The summed E-state index contributed by atoms with van der Waals surface area (Å²) in [6.45, 7) is 5.19. The maximum atomic E-state index is 12.6. The van der Waals surface area contributed by atoms with Crippen LogP contribution in [-0.2, 0) is 14.8 Å². The van der Waals surface area contributed by atoms with E-state index >= 15 is 0 Å². The lowest BCUT2D eigenvalue weighted by Crippen LogP contribution is -2.20. The van der Waals surface area contributed by atoms with Crippen LogP contribution in [0.15, 0.2) is 55.3 Å². The Morgan fingerprint density at radius 3 is 2.48 bits per heavy atom. The first-order chi connectivity index (χ1) is 11.5. The van der Waals surface area contributed by atoms with Crippen LogP contribution in [0.5, 0.6) is 0 Å². The van der Waals surface area contributed by atoms with Gasteiger partial charge in [0.25, 0.3) is 15.7 Å². The Labute approximate surface area is 153 Å². The Balaban J connectivity index is 2.62. The third-order valence-corrected chi connectivity index (χ3v) is 5.62. The van der Waals surface area contributed by atoms with Gasteiger partial charge in [-0.05, 0) is 52.1 Å². The number of nitrogens with zero attached hydrogens (tertiary/aromatic N) is 2. The summed E-state index contributed by atoms with van der Waals surface area (Å²) in [6, 6.07) is 4.68. The summed E-state index contributed by atoms with van der Waals surface area (Å²) in [7, 11) is -4.17. The number of carbonyl (C=O) groups excluding carboxylic acids is 1. The zero-order chi connectivity index (χ0) is 18.9. The molecule has 132 valence electrons. The summed E-state index contributed by atoms with van der Waals surface area (Å²) in [5.41, 5.74) is 0.631. The van der Waals surface area contributed by atoms with Gasteiger partial charge in [0.05, 0.1) is 20.0 Å². The molecule has 1 aliphatic carbocycles. The standard InChI is InChI=1S/C16H15BrN2O5S/c1-9(2)14-13(7-10(3)16(20)15(14)17)18-25(23,24)12-6-4-5-11(8-12)19(21)22/h4-9H,1-3H3. The van der Waals surface area contributed by atoms with Crippen molar-refractivity contribution in [3.63, 3.8) is 0 Å². The molecule has 9 heteroatoms. The van der Waals surface area contributed by atoms with E-state index in [9.17, 15) is 23.3 Å². The summed E-state index contributed by atoms with van der Waals surface area (Å²) >= 11 is 3.22. The van der Waals surface area contributed by atoms with Gasteiger partial charge in [0.1, 0.15) is 0 Å². The minimum absolute atomic E-state index is 0.144. The zero-order valence-corrected chi connectivity index (χ0v) is 16.1. The average Bonchev–Trinajstić information content (AvgIpc) is 2.52.